The lowest BCUT2D eigenvalue weighted by atomic mass is 10.0. The molecule has 1 aromatic heterocycles. The van der Waals surface area contributed by atoms with E-state index in [-0.39, 0.29) is 56.5 Å². The van der Waals surface area contributed by atoms with Crippen molar-refractivity contribution in [2.45, 2.75) is 51.0 Å². The van der Waals surface area contributed by atoms with Crippen LogP contribution in [0.3, 0.4) is 0 Å². The number of aryl methyl sites for hydroxylation is 1. The lowest BCUT2D eigenvalue weighted by Gasteiger charge is -2.39. The summed E-state index contributed by atoms with van der Waals surface area (Å²) >= 11 is 0. The van der Waals surface area contributed by atoms with Crippen molar-refractivity contribution in [3.8, 4) is 17.2 Å². The Bertz CT molecular complexity index is 1450. The van der Waals surface area contributed by atoms with Crippen LogP contribution in [0.5, 0.6) is 17.2 Å². The van der Waals surface area contributed by atoms with Crippen molar-refractivity contribution in [2.24, 2.45) is 0 Å². The molecule has 45 heavy (non-hydrogen) atoms. The Kier molecular flexibility index (Phi) is 11.0. The van der Waals surface area contributed by atoms with E-state index in [4.69, 9.17) is 18.9 Å². The Balaban J connectivity index is 1.39. The monoisotopic (exact) mass is 619 g/mol. The summed E-state index contributed by atoms with van der Waals surface area (Å²) in [5.74, 6) is 1.22. The summed E-state index contributed by atoms with van der Waals surface area (Å²) < 4.78 is 24.9. The Morgan fingerprint density at radius 3 is 2.78 bits per heavy atom. The van der Waals surface area contributed by atoms with Crippen LogP contribution in [0.25, 0.3) is 0 Å². The lowest BCUT2D eigenvalue weighted by Crippen LogP contribution is -2.58. The van der Waals surface area contributed by atoms with Crippen LogP contribution in [-0.4, -0.2) is 96.5 Å². The Labute approximate surface area is 263 Å². The van der Waals surface area contributed by atoms with E-state index < -0.39 is 6.04 Å². The second-order valence-corrected chi connectivity index (χ2v) is 11.3. The van der Waals surface area contributed by atoms with Gasteiger partial charge in [0.2, 0.25) is 17.7 Å². The standard InChI is InChI=1S/C33H41N5O7/c1-42-17-5-14-36-21-31(39)35-27-20-37(33(41)22-38-15-4-13-34-38)16-12-28(27)44-23-25-6-3-7-26(18-25)45-29-10-8-24(9-11-32(36)40)19-30(29)43-2/h3-4,6-8,10,13,15,18-19,27-28H,5,9,11-12,14,16-17,20-23H2,1-2H3,(H,35,39)/t27-,28+/m0/s1. The molecule has 0 radical (unpaired) electrons. The minimum atomic E-state index is -0.468. The first-order chi connectivity index (χ1) is 21.9. The fourth-order valence-electron chi connectivity index (χ4n) is 5.64. The number of methoxy groups -OCH3 is 2. The highest BCUT2D eigenvalue weighted by Crippen LogP contribution is 2.33. The predicted octanol–water partition coefficient (Wildman–Crippen LogP) is 2.80. The number of ether oxygens (including phenoxy) is 4. The number of likely N-dealkylation sites (tertiary alicyclic amines) is 1. The summed E-state index contributed by atoms with van der Waals surface area (Å²) in [6, 6.07) is 14.6. The zero-order valence-electron chi connectivity index (χ0n) is 25.9. The van der Waals surface area contributed by atoms with Crippen molar-refractivity contribution >= 4 is 17.7 Å². The van der Waals surface area contributed by atoms with Gasteiger partial charge in [0.15, 0.2) is 11.5 Å². The number of carbonyl (C=O) groups is 3. The van der Waals surface area contributed by atoms with E-state index in [1.54, 1.807) is 47.2 Å². The first kappa shape index (κ1) is 32.0. The molecule has 3 aliphatic heterocycles. The number of fused-ring (bicyclic) bond motifs is 9. The van der Waals surface area contributed by atoms with Crippen LogP contribution < -0.4 is 14.8 Å². The molecule has 2 aromatic carbocycles. The molecule has 3 aromatic rings. The van der Waals surface area contributed by atoms with E-state index in [1.165, 1.54) is 0 Å². The van der Waals surface area contributed by atoms with Crippen molar-refractivity contribution < 1.29 is 33.3 Å². The van der Waals surface area contributed by atoms with Crippen LogP contribution >= 0.6 is 0 Å². The van der Waals surface area contributed by atoms with Gasteiger partial charge in [0, 0.05) is 52.2 Å². The van der Waals surface area contributed by atoms with E-state index in [2.05, 4.69) is 10.4 Å². The minimum Gasteiger partial charge on any atom is -0.493 e. The third kappa shape index (κ3) is 8.83. The van der Waals surface area contributed by atoms with E-state index in [0.29, 0.717) is 56.2 Å². The smallest absolute Gasteiger partial charge is 0.244 e. The summed E-state index contributed by atoms with van der Waals surface area (Å²) in [5, 5.41) is 7.23. The molecule has 1 saturated heterocycles. The summed E-state index contributed by atoms with van der Waals surface area (Å²) in [6.45, 7) is 1.91. The third-order valence-corrected chi connectivity index (χ3v) is 8.01. The Morgan fingerprint density at radius 1 is 1.09 bits per heavy atom. The first-order valence-electron chi connectivity index (χ1n) is 15.3. The Hall–Kier alpha value is -4.42. The largest absolute Gasteiger partial charge is 0.493 e. The number of benzene rings is 2. The van der Waals surface area contributed by atoms with Gasteiger partial charge in [-0.1, -0.05) is 18.2 Å². The average Bonchev–Trinajstić information content (AvgIpc) is 3.56. The van der Waals surface area contributed by atoms with Gasteiger partial charge in [-0.3, -0.25) is 19.1 Å². The lowest BCUT2D eigenvalue weighted by molar-refractivity contribution is -0.139. The SMILES string of the molecule is COCCCN1CC(=O)N[C@H]2CN(C(=O)Cn3cccn3)CC[C@H]2OCc2cccc(c2)Oc2ccc(cc2OC)CCC1=O. The van der Waals surface area contributed by atoms with Gasteiger partial charge in [0.05, 0.1) is 32.4 Å². The molecule has 12 heteroatoms. The molecule has 3 amide bonds. The van der Waals surface area contributed by atoms with Crippen LogP contribution in [0.4, 0.5) is 0 Å². The summed E-state index contributed by atoms with van der Waals surface area (Å²) in [6.07, 6.45) is 4.84. The summed E-state index contributed by atoms with van der Waals surface area (Å²) in [5.41, 5.74) is 1.82. The number of carbonyl (C=O) groups excluding carboxylic acids is 3. The van der Waals surface area contributed by atoms with E-state index in [1.807, 2.05) is 42.5 Å². The molecule has 6 rings (SSSR count). The summed E-state index contributed by atoms with van der Waals surface area (Å²) in [4.78, 5) is 43.3. The molecule has 2 atom stereocenters. The molecule has 0 saturated carbocycles. The van der Waals surface area contributed by atoms with E-state index in [9.17, 15) is 14.4 Å². The summed E-state index contributed by atoms with van der Waals surface area (Å²) in [7, 11) is 3.19. The molecule has 3 aliphatic rings. The van der Waals surface area contributed by atoms with Gasteiger partial charge in [-0.2, -0.15) is 5.10 Å². The van der Waals surface area contributed by atoms with Crippen molar-refractivity contribution in [3.63, 3.8) is 0 Å². The zero-order chi connectivity index (χ0) is 31.6. The fraction of sp³-hybridized carbons (Fsp3) is 0.455. The number of nitrogens with zero attached hydrogens (tertiary/aromatic N) is 4. The maximum absolute atomic E-state index is 13.5. The first-order valence-corrected chi connectivity index (χ1v) is 15.3. The van der Waals surface area contributed by atoms with Crippen LogP contribution in [0.15, 0.2) is 60.9 Å². The number of hydrogen-bond donors (Lipinski definition) is 1. The van der Waals surface area contributed by atoms with Gasteiger partial charge in [-0.05, 0) is 60.7 Å². The number of nitrogens with one attached hydrogen (secondary N) is 1. The Morgan fingerprint density at radius 2 is 1.98 bits per heavy atom. The van der Waals surface area contributed by atoms with E-state index >= 15 is 0 Å². The van der Waals surface area contributed by atoms with Gasteiger partial charge < -0.3 is 34.1 Å². The van der Waals surface area contributed by atoms with Gasteiger partial charge >= 0.3 is 0 Å². The van der Waals surface area contributed by atoms with Crippen LogP contribution in [0.2, 0.25) is 0 Å². The van der Waals surface area contributed by atoms with Crippen molar-refractivity contribution in [3.05, 3.63) is 72.1 Å². The highest BCUT2D eigenvalue weighted by Gasteiger charge is 2.34. The topological polar surface area (TPSA) is 124 Å². The zero-order valence-corrected chi connectivity index (χ0v) is 25.9. The molecule has 4 bridgehead atoms. The minimum absolute atomic E-state index is 0.0922. The van der Waals surface area contributed by atoms with Crippen LogP contribution in [0.1, 0.15) is 30.4 Å². The number of rotatable bonds is 7. The van der Waals surface area contributed by atoms with Gasteiger partial charge in [-0.15, -0.1) is 0 Å². The van der Waals surface area contributed by atoms with Crippen LogP contribution in [0, 0.1) is 0 Å². The molecule has 0 aliphatic carbocycles. The quantitative estimate of drug-likeness (QED) is 0.401. The maximum atomic E-state index is 13.5. The van der Waals surface area contributed by atoms with Crippen LogP contribution in [-0.2, 0) is 43.4 Å². The fourth-order valence-corrected chi connectivity index (χ4v) is 5.64. The maximum Gasteiger partial charge on any atom is 0.244 e. The molecule has 1 N–H and O–H groups in total. The molecule has 240 valence electrons. The van der Waals surface area contributed by atoms with Crippen molar-refractivity contribution in [1.82, 2.24) is 24.9 Å². The molecule has 4 heterocycles. The number of piperidine rings is 1. The molecule has 0 unspecified atom stereocenters. The number of hydrogen-bond acceptors (Lipinski definition) is 8. The van der Waals surface area contributed by atoms with E-state index in [0.717, 1.165) is 11.1 Å². The number of amides is 3. The molecular weight excluding hydrogens is 578 g/mol. The molecule has 12 nitrogen and oxygen atoms in total. The normalized spacial score (nSPS) is 19.5. The number of aromatic nitrogens is 2. The third-order valence-electron chi connectivity index (χ3n) is 8.01. The molecular formula is C33H41N5O7. The van der Waals surface area contributed by atoms with Gasteiger partial charge in [0.1, 0.15) is 12.3 Å². The average molecular weight is 620 g/mol. The van der Waals surface area contributed by atoms with Crippen molar-refractivity contribution in [2.75, 3.05) is 47.0 Å². The second kappa shape index (κ2) is 15.5. The second-order valence-electron chi connectivity index (χ2n) is 11.3. The highest BCUT2D eigenvalue weighted by molar-refractivity contribution is 5.85. The predicted molar refractivity (Wildman–Crippen MR) is 165 cm³/mol. The highest BCUT2D eigenvalue weighted by atomic mass is 16.5. The van der Waals surface area contributed by atoms with Gasteiger partial charge in [-0.25, -0.2) is 0 Å². The van der Waals surface area contributed by atoms with Gasteiger partial charge in [0.25, 0.3) is 0 Å². The van der Waals surface area contributed by atoms with Crippen molar-refractivity contribution in [1.29, 1.82) is 0 Å². The molecule has 1 fully saturated rings. The molecule has 0 spiro atoms.